The molecule has 2 aromatic rings. The van der Waals surface area contributed by atoms with Gasteiger partial charge in [0.1, 0.15) is 11.1 Å². The number of non-ortho nitro benzene ring substituents is 1. The van der Waals surface area contributed by atoms with Crippen molar-refractivity contribution in [3.8, 4) is 0 Å². The van der Waals surface area contributed by atoms with Crippen molar-refractivity contribution in [2.24, 2.45) is 4.99 Å². The van der Waals surface area contributed by atoms with E-state index in [1.54, 1.807) is 0 Å². The van der Waals surface area contributed by atoms with E-state index in [0.717, 1.165) is 11.8 Å². The quantitative estimate of drug-likeness (QED) is 0.491. The molecular formula is C20H19FN4O5S. The van der Waals surface area contributed by atoms with Crippen molar-refractivity contribution < 1.29 is 23.6 Å². The Morgan fingerprint density at radius 2 is 2.06 bits per heavy atom. The number of ether oxygens (including phenoxy) is 1. The van der Waals surface area contributed by atoms with Crippen molar-refractivity contribution >= 4 is 45.8 Å². The first-order valence-corrected chi connectivity index (χ1v) is 10.1. The van der Waals surface area contributed by atoms with E-state index >= 15 is 0 Å². The molecule has 1 aliphatic rings. The highest BCUT2D eigenvalue weighted by molar-refractivity contribution is 8.15. The molecule has 11 heteroatoms. The first kappa shape index (κ1) is 22.4. The number of anilines is 1. The molecule has 1 heterocycles. The van der Waals surface area contributed by atoms with Crippen LogP contribution in [0.5, 0.6) is 0 Å². The lowest BCUT2D eigenvalue weighted by Gasteiger charge is -2.15. The lowest BCUT2D eigenvalue weighted by Crippen LogP contribution is -2.35. The Kier molecular flexibility index (Phi) is 7.32. The van der Waals surface area contributed by atoms with E-state index in [1.807, 2.05) is 0 Å². The summed E-state index contributed by atoms with van der Waals surface area (Å²) in [5.41, 5.74) is 0.593. The van der Waals surface area contributed by atoms with Gasteiger partial charge in [0.15, 0.2) is 5.17 Å². The third kappa shape index (κ3) is 5.86. The maximum absolute atomic E-state index is 13.1. The van der Waals surface area contributed by atoms with Crippen molar-refractivity contribution in [3.05, 3.63) is 64.5 Å². The number of amides is 2. The summed E-state index contributed by atoms with van der Waals surface area (Å²) in [6.07, 6.45) is -0.141. The smallest absolute Gasteiger partial charge is 0.271 e. The van der Waals surface area contributed by atoms with E-state index in [-0.39, 0.29) is 36.9 Å². The second kappa shape index (κ2) is 10.1. The fraction of sp³-hybridized carbons (Fsp3) is 0.250. The number of amidine groups is 1. The zero-order valence-corrected chi connectivity index (χ0v) is 17.3. The van der Waals surface area contributed by atoms with Crippen LogP contribution in [-0.4, -0.2) is 52.3 Å². The van der Waals surface area contributed by atoms with Gasteiger partial charge in [0, 0.05) is 31.4 Å². The van der Waals surface area contributed by atoms with Gasteiger partial charge < -0.3 is 10.1 Å². The number of rotatable bonds is 8. The predicted molar refractivity (Wildman–Crippen MR) is 115 cm³/mol. The summed E-state index contributed by atoms with van der Waals surface area (Å²) in [6.45, 7) is 0.534. The molecule has 31 heavy (non-hydrogen) atoms. The topological polar surface area (TPSA) is 114 Å². The second-order valence-corrected chi connectivity index (χ2v) is 7.69. The molecule has 0 saturated carbocycles. The molecule has 0 aromatic heterocycles. The van der Waals surface area contributed by atoms with Gasteiger partial charge in [0.2, 0.25) is 11.8 Å². The van der Waals surface area contributed by atoms with Crippen molar-refractivity contribution in [2.75, 3.05) is 25.6 Å². The summed E-state index contributed by atoms with van der Waals surface area (Å²) >= 11 is 1.13. The van der Waals surface area contributed by atoms with E-state index < -0.39 is 21.9 Å². The molecule has 0 bridgehead atoms. The van der Waals surface area contributed by atoms with Crippen molar-refractivity contribution in [1.29, 1.82) is 0 Å². The number of halogens is 1. The highest BCUT2D eigenvalue weighted by atomic mass is 32.2. The molecule has 0 aliphatic carbocycles. The molecule has 0 radical (unpaired) electrons. The van der Waals surface area contributed by atoms with E-state index in [1.165, 1.54) is 60.5 Å². The van der Waals surface area contributed by atoms with Crippen LogP contribution in [0, 0.1) is 15.9 Å². The Balaban J connectivity index is 1.72. The summed E-state index contributed by atoms with van der Waals surface area (Å²) < 4.78 is 18.2. The van der Waals surface area contributed by atoms with Gasteiger partial charge in [-0.3, -0.25) is 24.6 Å². The van der Waals surface area contributed by atoms with E-state index in [2.05, 4.69) is 10.3 Å². The number of methoxy groups -OCH3 is 1. The molecule has 9 nitrogen and oxygen atoms in total. The molecule has 162 valence electrons. The Morgan fingerprint density at radius 3 is 2.74 bits per heavy atom. The molecule has 1 fully saturated rings. The van der Waals surface area contributed by atoms with Crippen LogP contribution in [0.15, 0.2) is 53.5 Å². The van der Waals surface area contributed by atoms with Crippen LogP contribution in [0.4, 0.5) is 21.5 Å². The van der Waals surface area contributed by atoms with Gasteiger partial charge in [0.05, 0.1) is 23.8 Å². The number of carbonyl (C=O) groups is 2. The minimum Gasteiger partial charge on any atom is -0.383 e. The SMILES string of the molecule is COCCN1C(=O)C(CC(=O)Nc2cccc([N+](=O)[O-])c2)SC1=Nc1ccc(F)cc1. The fourth-order valence-corrected chi connectivity index (χ4v) is 4.00. The molecule has 1 atom stereocenters. The van der Waals surface area contributed by atoms with Crippen LogP contribution in [0.2, 0.25) is 0 Å². The lowest BCUT2D eigenvalue weighted by molar-refractivity contribution is -0.384. The monoisotopic (exact) mass is 446 g/mol. The Labute approximate surface area is 181 Å². The molecule has 1 aliphatic heterocycles. The first-order chi connectivity index (χ1) is 14.9. The van der Waals surface area contributed by atoms with Crippen LogP contribution in [-0.2, 0) is 14.3 Å². The van der Waals surface area contributed by atoms with Crippen molar-refractivity contribution in [3.63, 3.8) is 0 Å². The average Bonchev–Trinajstić information content (AvgIpc) is 3.02. The van der Waals surface area contributed by atoms with Crippen LogP contribution in [0.1, 0.15) is 6.42 Å². The van der Waals surface area contributed by atoms with Gasteiger partial charge in [-0.05, 0) is 30.3 Å². The number of thioether (sulfide) groups is 1. The largest absolute Gasteiger partial charge is 0.383 e. The molecule has 1 unspecified atom stereocenters. The third-order valence-electron chi connectivity index (χ3n) is 4.30. The molecule has 2 aromatic carbocycles. The fourth-order valence-electron chi connectivity index (χ4n) is 2.82. The molecule has 2 amide bonds. The highest BCUT2D eigenvalue weighted by Crippen LogP contribution is 2.32. The number of hydrogen-bond donors (Lipinski definition) is 1. The first-order valence-electron chi connectivity index (χ1n) is 9.23. The standard InChI is InChI=1S/C20H19FN4O5S/c1-30-10-9-24-19(27)17(31-20(24)23-14-7-5-13(21)6-8-14)12-18(26)22-15-3-2-4-16(11-15)25(28)29/h2-8,11,17H,9-10,12H2,1H3,(H,22,26). The number of nitro groups is 1. The van der Waals surface area contributed by atoms with E-state index in [9.17, 15) is 24.1 Å². The summed E-state index contributed by atoms with van der Waals surface area (Å²) in [5, 5.41) is 13.1. The van der Waals surface area contributed by atoms with Gasteiger partial charge >= 0.3 is 0 Å². The summed E-state index contributed by atoms with van der Waals surface area (Å²) in [6, 6.07) is 11.1. The molecular weight excluding hydrogens is 427 g/mol. The number of nitrogens with zero attached hydrogens (tertiary/aromatic N) is 3. The van der Waals surface area contributed by atoms with Crippen molar-refractivity contribution in [1.82, 2.24) is 4.90 Å². The number of benzene rings is 2. The minimum atomic E-state index is -0.713. The van der Waals surface area contributed by atoms with E-state index in [0.29, 0.717) is 10.9 Å². The zero-order valence-electron chi connectivity index (χ0n) is 16.5. The minimum absolute atomic E-state index is 0.141. The number of nitrogens with one attached hydrogen (secondary N) is 1. The Hall–Kier alpha value is -3.31. The van der Waals surface area contributed by atoms with Crippen LogP contribution in [0.3, 0.4) is 0 Å². The Morgan fingerprint density at radius 1 is 1.32 bits per heavy atom. The van der Waals surface area contributed by atoms with Crippen LogP contribution >= 0.6 is 11.8 Å². The van der Waals surface area contributed by atoms with Gasteiger partial charge in [-0.2, -0.15) is 0 Å². The number of nitro benzene ring substituents is 1. The number of hydrogen-bond acceptors (Lipinski definition) is 7. The third-order valence-corrected chi connectivity index (χ3v) is 5.48. The summed E-state index contributed by atoms with van der Waals surface area (Å²) in [7, 11) is 1.51. The average molecular weight is 446 g/mol. The predicted octanol–water partition coefficient (Wildman–Crippen LogP) is 3.34. The zero-order chi connectivity index (χ0) is 22.4. The number of aliphatic imine (C=N–C) groups is 1. The normalized spacial score (nSPS) is 17.2. The van der Waals surface area contributed by atoms with Gasteiger partial charge in [-0.15, -0.1) is 0 Å². The summed E-state index contributed by atoms with van der Waals surface area (Å²) in [4.78, 5) is 41.5. The second-order valence-electron chi connectivity index (χ2n) is 6.52. The molecule has 1 N–H and O–H groups in total. The van der Waals surface area contributed by atoms with Gasteiger partial charge in [-0.1, -0.05) is 17.8 Å². The van der Waals surface area contributed by atoms with E-state index in [4.69, 9.17) is 4.74 Å². The van der Waals surface area contributed by atoms with Gasteiger partial charge in [0.25, 0.3) is 5.69 Å². The molecule has 1 saturated heterocycles. The maximum atomic E-state index is 13.1. The highest BCUT2D eigenvalue weighted by Gasteiger charge is 2.39. The number of carbonyl (C=O) groups excluding carboxylic acids is 2. The maximum Gasteiger partial charge on any atom is 0.271 e. The van der Waals surface area contributed by atoms with Crippen LogP contribution < -0.4 is 5.32 Å². The Bertz CT molecular complexity index is 1010. The van der Waals surface area contributed by atoms with Gasteiger partial charge in [-0.25, -0.2) is 9.38 Å². The van der Waals surface area contributed by atoms with Crippen LogP contribution in [0.25, 0.3) is 0 Å². The molecule has 0 spiro atoms. The van der Waals surface area contributed by atoms with Crippen molar-refractivity contribution in [2.45, 2.75) is 11.7 Å². The lowest BCUT2D eigenvalue weighted by atomic mass is 10.2. The molecule has 3 rings (SSSR count). The summed E-state index contributed by atoms with van der Waals surface area (Å²) in [5.74, 6) is -1.15.